The Hall–Kier alpha value is -2.57. The number of esters is 1. The summed E-state index contributed by atoms with van der Waals surface area (Å²) < 4.78 is 5.16. The lowest BCUT2D eigenvalue weighted by Gasteiger charge is -2.34. The molecule has 0 spiro atoms. The summed E-state index contributed by atoms with van der Waals surface area (Å²) in [4.78, 5) is 29.6. The molecule has 0 aromatic heterocycles. The molecule has 0 bridgehead atoms. The Bertz CT molecular complexity index is 658. The van der Waals surface area contributed by atoms with Crippen LogP contribution in [0.25, 0.3) is 0 Å². The maximum Gasteiger partial charge on any atom is 0.310 e. The first-order chi connectivity index (χ1) is 13.0. The Labute approximate surface area is 161 Å². The number of guanidine groups is 1. The molecule has 1 amide bonds. The van der Waals surface area contributed by atoms with Crippen LogP contribution in [-0.4, -0.2) is 56.0 Å². The van der Waals surface area contributed by atoms with Gasteiger partial charge in [0.1, 0.15) is 0 Å². The normalized spacial score (nSPS) is 17.4. The number of rotatable bonds is 6. The lowest BCUT2D eigenvalue weighted by molar-refractivity contribution is -0.149. The standard InChI is InChI=1S/C20H30N4O3/c1-4-27-19(26)17-6-5-13-24(14-17)20(21-3)22-12-11-16-7-9-18(10-8-16)23-15(2)25/h7-10,17H,4-6,11-14H2,1-3H3,(H,21,22)(H,23,25). The van der Waals surface area contributed by atoms with Crippen molar-refractivity contribution in [3.05, 3.63) is 29.8 Å². The quantitative estimate of drug-likeness (QED) is 0.452. The summed E-state index contributed by atoms with van der Waals surface area (Å²) >= 11 is 0. The number of carbonyl (C=O) groups is 2. The van der Waals surface area contributed by atoms with Gasteiger partial charge in [0.05, 0.1) is 12.5 Å². The van der Waals surface area contributed by atoms with Crippen molar-refractivity contribution < 1.29 is 14.3 Å². The van der Waals surface area contributed by atoms with Crippen molar-refractivity contribution in [3.8, 4) is 0 Å². The third-order valence-electron chi connectivity index (χ3n) is 4.52. The average molecular weight is 374 g/mol. The fourth-order valence-corrected chi connectivity index (χ4v) is 3.23. The Kier molecular flexibility index (Phi) is 8.10. The second kappa shape index (κ2) is 10.5. The molecule has 148 valence electrons. The van der Waals surface area contributed by atoms with Crippen LogP contribution in [0.15, 0.2) is 29.3 Å². The number of hydrogen-bond acceptors (Lipinski definition) is 4. The van der Waals surface area contributed by atoms with Gasteiger partial charge in [-0.2, -0.15) is 0 Å². The SMILES string of the molecule is CCOC(=O)C1CCCN(C(=NC)NCCc2ccc(NC(C)=O)cc2)C1. The van der Waals surface area contributed by atoms with E-state index in [1.54, 1.807) is 7.05 Å². The van der Waals surface area contributed by atoms with E-state index in [1.165, 1.54) is 12.5 Å². The van der Waals surface area contributed by atoms with Crippen LogP contribution < -0.4 is 10.6 Å². The maximum absolute atomic E-state index is 12.0. The highest BCUT2D eigenvalue weighted by Gasteiger charge is 2.28. The molecule has 1 aromatic carbocycles. The lowest BCUT2D eigenvalue weighted by Crippen LogP contribution is -2.48. The summed E-state index contributed by atoms with van der Waals surface area (Å²) in [7, 11) is 1.76. The number of likely N-dealkylation sites (tertiary alicyclic amines) is 1. The number of piperidine rings is 1. The summed E-state index contributed by atoms with van der Waals surface area (Å²) in [6, 6.07) is 7.82. The summed E-state index contributed by atoms with van der Waals surface area (Å²) in [5, 5.41) is 6.14. The van der Waals surface area contributed by atoms with Crippen LogP contribution in [0.4, 0.5) is 5.69 Å². The molecule has 1 fully saturated rings. The van der Waals surface area contributed by atoms with Crippen LogP contribution in [0.1, 0.15) is 32.3 Å². The molecule has 0 radical (unpaired) electrons. The first-order valence-corrected chi connectivity index (χ1v) is 9.52. The van der Waals surface area contributed by atoms with Crippen LogP contribution in [0, 0.1) is 5.92 Å². The van der Waals surface area contributed by atoms with E-state index in [0.29, 0.717) is 13.2 Å². The lowest BCUT2D eigenvalue weighted by atomic mass is 9.98. The third kappa shape index (κ3) is 6.58. The van der Waals surface area contributed by atoms with Crippen molar-refractivity contribution in [3.63, 3.8) is 0 Å². The Morgan fingerprint density at radius 1 is 1.30 bits per heavy atom. The summed E-state index contributed by atoms with van der Waals surface area (Å²) in [5.41, 5.74) is 1.98. The van der Waals surface area contributed by atoms with Crippen molar-refractivity contribution in [2.24, 2.45) is 10.9 Å². The van der Waals surface area contributed by atoms with E-state index in [4.69, 9.17) is 4.74 Å². The first kappa shape index (κ1) is 20.7. The number of amides is 1. The molecule has 1 heterocycles. The van der Waals surface area contributed by atoms with E-state index in [-0.39, 0.29) is 17.8 Å². The number of nitrogens with zero attached hydrogens (tertiary/aromatic N) is 2. The molecule has 1 saturated heterocycles. The van der Waals surface area contributed by atoms with Gasteiger partial charge in [0, 0.05) is 39.3 Å². The van der Waals surface area contributed by atoms with Crippen molar-refractivity contribution >= 4 is 23.5 Å². The fourth-order valence-electron chi connectivity index (χ4n) is 3.23. The minimum Gasteiger partial charge on any atom is -0.466 e. The molecule has 0 saturated carbocycles. The van der Waals surface area contributed by atoms with E-state index >= 15 is 0 Å². The molecule has 1 aromatic rings. The summed E-state index contributed by atoms with van der Waals surface area (Å²) in [5.74, 6) is 0.546. The number of hydrogen-bond donors (Lipinski definition) is 2. The molecule has 1 aliphatic heterocycles. The topological polar surface area (TPSA) is 83.0 Å². The van der Waals surface area contributed by atoms with Gasteiger partial charge in [0.25, 0.3) is 0 Å². The van der Waals surface area contributed by atoms with Crippen LogP contribution in [0.2, 0.25) is 0 Å². The van der Waals surface area contributed by atoms with Crippen molar-refractivity contribution in [1.82, 2.24) is 10.2 Å². The zero-order valence-corrected chi connectivity index (χ0v) is 16.5. The van der Waals surface area contributed by atoms with Crippen LogP contribution >= 0.6 is 0 Å². The van der Waals surface area contributed by atoms with Gasteiger partial charge < -0.3 is 20.3 Å². The van der Waals surface area contributed by atoms with Gasteiger partial charge in [-0.1, -0.05) is 12.1 Å². The van der Waals surface area contributed by atoms with Gasteiger partial charge in [-0.15, -0.1) is 0 Å². The molecule has 2 N–H and O–H groups in total. The van der Waals surface area contributed by atoms with E-state index < -0.39 is 0 Å². The van der Waals surface area contributed by atoms with Gasteiger partial charge in [0.2, 0.25) is 5.91 Å². The minimum absolute atomic E-state index is 0.0733. The van der Waals surface area contributed by atoms with E-state index in [2.05, 4.69) is 20.5 Å². The van der Waals surface area contributed by atoms with Gasteiger partial charge in [-0.3, -0.25) is 14.6 Å². The number of ether oxygens (including phenoxy) is 1. The van der Waals surface area contributed by atoms with Gasteiger partial charge in [-0.05, 0) is 43.9 Å². The van der Waals surface area contributed by atoms with E-state index in [9.17, 15) is 9.59 Å². The van der Waals surface area contributed by atoms with E-state index in [0.717, 1.165) is 44.0 Å². The molecular weight excluding hydrogens is 344 g/mol. The Balaban J connectivity index is 1.83. The zero-order valence-electron chi connectivity index (χ0n) is 16.5. The molecule has 1 atom stereocenters. The summed E-state index contributed by atoms with van der Waals surface area (Å²) in [6.07, 6.45) is 2.66. The van der Waals surface area contributed by atoms with E-state index in [1.807, 2.05) is 31.2 Å². The van der Waals surface area contributed by atoms with Crippen molar-refractivity contribution in [2.75, 3.05) is 38.6 Å². The molecule has 27 heavy (non-hydrogen) atoms. The molecule has 2 rings (SSSR count). The predicted molar refractivity (Wildman–Crippen MR) is 107 cm³/mol. The van der Waals surface area contributed by atoms with Crippen molar-refractivity contribution in [2.45, 2.75) is 33.1 Å². The number of nitrogens with one attached hydrogen (secondary N) is 2. The van der Waals surface area contributed by atoms with Crippen LogP contribution in [0.5, 0.6) is 0 Å². The smallest absolute Gasteiger partial charge is 0.310 e. The maximum atomic E-state index is 12.0. The Morgan fingerprint density at radius 3 is 2.67 bits per heavy atom. The highest BCUT2D eigenvalue weighted by Crippen LogP contribution is 2.18. The molecule has 1 aliphatic rings. The number of aliphatic imine (C=N–C) groups is 1. The second-order valence-corrected chi connectivity index (χ2v) is 6.64. The predicted octanol–water partition coefficient (Wildman–Crippen LogP) is 2.04. The fraction of sp³-hybridized carbons (Fsp3) is 0.550. The Morgan fingerprint density at radius 2 is 2.04 bits per heavy atom. The van der Waals surface area contributed by atoms with Crippen LogP contribution in [-0.2, 0) is 20.7 Å². The molecular formula is C20H30N4O3. The summed E-state index contributed by atoms with van der Waals surface area (Å²) in [6.45, 7) is 6.03. The van der Waals surface area contributed by atoms with Gasteiger partial charge in [0.15, 0.2) is 5.96 Å². The van der Waals surface area contributed by atoms with Crippen LogP contribution in [0.3, 0.4) is 0 Å². The zero-order chi connectivity index (χ0) is 19.6. The third-order valence-corrected chi connectivity index (χ3v) is 4.52. The number of anilines is 1. The average Bonchev–Trinajstić information content (AvgIpc) is 2.66. The minimum atomic E-state index is -0.114. The largest absolute Gasteiger partial charge is 0.466 e. The molecule has 7 heteroatoms. The van der Waals surface area contributed by atoms with Crippen molar-refractivity contribution in [1.29, 1.82) is 0 Å². The van der Waals surface area contributed by atoms with Gasteiger partial charge >= 0.3 is 5.97 Å². The monoisotopic (exact) mass is 374 g/mol. The highest BCUT2D eigenvalue weighted by molar-refractivity contribution is 5.88. The number of benzene rings is 1. The van der Waals surface area contributed by atoms with Gasteiger partial charge in [-0.25, -0.2) is 0 Å². The first-order valence-electron chi connectivity index (χ1n) is 9.52. The molecule has 1 unspecified atom stereocenters. The second-order valence-electron chi connectivity index (χ2n) is 6.64. The molecule has 0 aliphatic carbocycles. The molecule has 7 nitrogen and oxygen atoms in total. The highest BCUT2D eigenvalue weighted by atomic mass is 16.5. The number of carbonyl (C=O) groups excluding carboxylic acids is 2.